The van der Waals surface area contributed by atoms with Crippen molar-refractivity contribution >= 4 is 5.91 Å². The van der Waals surface area contributed by atoms with Crippen LogP contribution in [0.3, 0.4) is 0 Å². The van der Waals surface area contributed by atoms with Crippen molar-refractivity contribution in [2.24, 2.45) is 0 Å². The van der Waals surface area contributed by atoms with E-state index < -0.39 is 0 Å². The zero-order chi connectivity index (χ0) is 21.2. The van der Waals surface area contributed by atoms with Crippen molar-refractivity contribution in [3.63, 3.8) is 0 Å². The predicted molar refractivity (Wildman–Crippen MR) is 123 cm³/mol. The van der Waals surface area contributed by atoms with E-state index in [1.165, 1.54) is 0 Å². The fourth-order valence-corrected chi connectivity index (χ4v) is 3.58. The Balaban J connectivity index is 1.83. The number of rotatable bonds is 10. The second kappa shape index (κ2) is 11.2. The second-order valence-corrected chi connectivity index (χ2v) is 7.56. The zero-order valence-electron chi connectivity index (χ0n) is 18.0. The molecule has 0 N–H and O–H groups in total. The Kier molecular flexibility index (Phi) is 8.08. The first kappa shape index (κ1) is 21.6. The lowest BCUT2D eigenvalue weighted by Crippen LogP contribution is -2.32. The number of benzene rings is 3. The number of nitrogens with zero attached hydrogens (tertiary/aromatic N) is 1. The summed E-state index contributed by atoms with van der Waals surface area (Å²) in [7, 11) is 0. The average Bonchev–Trinajstić information content (AvgIpc) is 2.79. The number of carbonyl (C=O) groups is 1. The summed E-state index contributed by atoms with van der Waals surface area (Å²) >= 11 is 0. The maximum atomic E-state index is 13.5. The maximum Gasteiger partial charge on any atom is 0.254 e. The molecule has 3 rings (SSSR count). The first-order valence-electron chi connectivity index (χ1n) is 10.8. The van der Waals surface area contributed by atoms with Gasteiger partial charge < -0.3 is 9.64 Å². The number of amides is 1. The summed E-state index contributed by atoms with van der Waals surface area (Å²) in [6.45, 7) is 6.08. The van der Waals surface area contributed by atoms with E-state index in [9.17, 15) is 4.79 Å². The molecule has 156 valence electrons. The molecular weight excluding hydrogens is 370 g/mol. The van der Waals surface area contributed by atoms with Gasteiger partial charge in [-0.3, -0.25) is 4.79 Å². The molecule has 0 aromatic heterocycles. The predicted octanol–water partition coefficient (Wildman–Crippen LogP) is 6.27. The highest BCUT2D eigenvalue weighted by Gasteiger charge is 2.19. The SMILES string of the molecule is CCCc1ccc(COc2ccccc2)cc1C(=O)N(CCC)Cc1ccccc1. The van der Waals surface area contributed by atoms with Crippen LogP contribution in [0.25, 0.3) is 0 Å². The standard InChI is InChI=1S/C27H31NO2/c1-3-11-24-17-16-23(21-30-25-14-9-6-10-15-25)19-26(24)27(29)28(18-4-2)20-22-12-7-5-8-13-22/h5-10,12-17,19H,3-4,11,18,20-21H2,1-2H3. The minimum atomic E-state index is 0.103. The van der Waals surface area contributed by atoms with Crippen molar-refractivity contribution in [2.75, 3.05) is 6.54 Å². The van der Waals surface area contributed by atoms with Crippen LogP contribution in [-0.2, 0) is 19.6 Å². The molecule has 1 amide bonds. The van der Waals surface area contributed by atoms with Crippen molar-refractivity contribution in [3.05, 3.63) is 101 Å². The molecule has 0 atom stereocenters. The van der Waals surface area contributed by atoms with E-state index in [0.717, 1.165) is 53.8 Å². The largest absolute Gasteiger partial charge is 0.489 e. The number of para-hydroxylation sites is 1. The number of hydrogen-bond acceptors (Lipinski definition) is 2. The van der Waals surface area contributed by atoms with Crippen LogP contribution in [0.1, 0.15) is 53.7 Å². The third kappa shape index (κ3) is 5.96. The molecule has 0 saturated heterocycles. The molecule has 0 fully saturated rings. The zero-order valence-corrected chi connectivity index (χ0v) is 18.0. The van der Waals surface area contributed by atoms with Crippen molar-refractivity contribution in [2.45, 2.75) is 46.3 Å². The molecule has 0 aliphatic rings. The summed E-state index contributed by atoms with van der Waals surface area (Å²) in [5.74, 6) is 0.936. The van der Waals surface area contributed by atoms with Gasteiger partial charge in [0.2, 0.25) is 0 Å². The van der Waals surface area contributed by atoms with Gasteiger partial charge in [0.05, 0.1) is 0 Å². The Morgan fingerprint density at radius 1 is 0.833 bits per heavy atom. The third-order valence-electron chi connectivity index (χ3n) is 5.07. The molecule has 0 aliphatic heterocycles. The fourth-order valence-electron chi connectivity index (χ4n) is 3.58. The molecule has 0 bridgehead atoms. The molecular formula is C27H31NO2. The maximum absolute atomic E-state index is 13.5. The van der Waals surface area contributed by atoms with E-state index in [4.69, 9.17) is 4.74 Å². The van der Waals surface area contributed by atoms with Crippen molar-refractivity contribution < 1.29 is 9.53 Å². The van der Waals surface area contributed by atoms with Crippen molar-refractivity contribution in [3.8, 4) is 5.75 Å². The van der Waals surface area contributed by atoms with Crippen LogP contribution in [0.15, 0.2) is 78.9 Å². The summed E-state index contributed by atoms with van der Waals surface area (Å²) in [5, 5.41) is 0. The van der Waals surface area contributed by atoms with Gasteiger partial charge >= 0.3 is 0 Å². The fraction of sp³-hybridized carbons (Fsp3) is 0.296. The molecule has 0 aliphatic carbocycles. The van der Waals surface area contributed by atoms with E-state index in [1.54, 1.807) is 0 Å². The third-order valence-corrected chi connectivity index (χ3v) is 5.07. The molecule has 3 nitrogen and oxygen atoms in total. The lowest BCUT2D eigenvalue weighted by Gasteiger charge is -2.24. The van der Waals surface area contributed by atoms with Gasteiger partial charge in [-0.1, -0.05) is 80.9 Å². The van der Waals surface area contributed by atoms with Crippen LogP contribution in [0.5, 0.6) is 5.75 Å². The van der Waals surface area contributed by atoms with Gasteiger partial charge in [-0.25, -0.2) is 0 Å². The van der Waals surface area contributed by atoms with Crippen LogP contribution in [0.4, 0.5) is 0 Å². The highest BCUT2D eigenvalue weighted by atomic mass is 16.5. The Morgan fingerprint density at radius 3 is 2.20 bits per heavy atom. The lowest BCUT2D eigenvalue weighted by atomic mass is 9.99. The summed E-state index contributed by atoms with van der Waals surface area (Å²) in [4.78, 5) is 15.5. The van der Waals surface area contributed by atoms with Gasteiger partial charge in [-0.2, -0.15) is 0 Å². The first-order valence-corrected chi connectivity index (χ1v) is 10.8. The molecule has 30 heavy (non-hydrogen) atoms. The van der Waals surface area contributed by atoms with Gasteiger partial charge in [-0.05, 0) is 47.7 Å². The van der Waals surface area contributed by atoms with Crippen LogP contribution in [0.2, 0.25) is 0 Å². The van der Waals surface area contributed by atoms with Crippen LogP contribution >= 0.6 is 0 Å². The second-order valence-electron chi connectivity index (χ2n) is 7.56. The number of hydrogen-bond donors (Lipinski definition) is 0. The van der Waals surface area contributed by atoms with E-state index in [1.807, 2.05) is 59.5 Å². The van der Waals surface area contributed by atoms with E-state index in [0.29, 0.717) is 13.2 Å². The normalized spacial score (nSPS) is 10.6. The van der Waals surface area contributed by atoms with Crippen LogP contribution in [0, 0.1) is 0 Å². The smallest absolute Gasteiger partial charge is 0.254 e. The average molecular weight is 402 g/mol. The molecule has 0 saturated carbocycles. The summed E-state index contributed by atoms with van der Waals surface area (Å²) in [6.07, 6.45) is 2.83. The molecule has 0 unspecified atom stereocenters. The van der Waals surface area contributed by atoms with E-state index in [2.05, 4.69) is 38.1 Å². The molecule has 0 spiro atoms. The highest BCUT2D eigenvalue weighted by molar-refractivity contribution is 5.96. The molecule has 0 radical (unpaired) electrons. The lowest BCUT2D eigenvalue weighted by molar-refractivity contribution is 0.0742. The molecule has 3 heteroatoms. The Morgan fingerprint density at radius 2 is 1.53 bits per heavy atom. The van der Waals surface area contributed by atoms with Gasteiger partial charge in [0.15, 0.2) is 0 Å². The monoisotopic (exact) mass is 401 g/mol. The number of aryl methyl sites for hydroxylation is 1. The van der Waals surface area contributed by atoms with E-state index >= 15 is 0 Å². The number of ether oxygens (including phenoxy) is 1. The van der Waals surface area contributed by atoms with E-state index in [-0.39, 0.29) is 5.91 Å². The topological polar surface area (TPSA) is 29.5 Å². The van der Waals surface area contributed by atoms with Gasteiger partial charge in [0.1, 0.15) is 12.4 Å². The summed E-state index contributed by atoms with van der Waals surface area (Å²) in [5.41, 5.74) is 4.08. The first-order chi connectivity index (χ1) is 14.7. The van der Waals surface area contributed by atoms with Crippen molar-refractivity contribution in [1.82, 2.24) is 4.90 Å². The summed E-state index contributed by atoms with van der Waals surface area (Å²) < 4.78 is 5.91. The van der Waals surface area contributed by atoms with Crippen molar-refractivity contribution in [1.29, 1.82) is 0 Å². The van der Waals surface area contributed by atoms with Gasteiger partial charge in [-0.15, -0.1) is 0 Å². The van der Waals surface area contributed by atoms with Crippen LogP contribution in [-0.4, -0.2) is 17.4 Å². The highest BCUT2D eigenvalue weighted by Crippen LogP contribution is 2.20. The quantitative estimate of drug-likeness (QED) is 0.401. The minimum Gasteiger partial charge on any atom is -0.489 e. The van der Waals surface area contributed by atoms with Crippen LogP contribution < -0.4 is 4.74 Å². The van der Waals surface area contributed by atoms with Gasteiger partial charge in [0.25, 0.3) is 5.91 Å². The minimum absolute atomic E-state index is 0.103. The molecule has 0 heterocycles. The Bertz CT molecular complexity index is 922. The Hall–Kier alpha value is -3.07. The Labute approximate surface area is 180 Å². The summed E-state index contributed by atoms with van der Waals surface area (Å²) in [6, 6.07) is 26.2. The van der Waals surface area contributed by atoms with Gasteiger partial charge in [0, 0.05) is 18.7 Å². The molecule has 3 aromatic rings. The number of carbonyl (C=O) groups excluding carboxylic acids is 1. The molecule has 3 aromatic carbocycles.